The number of carbonyl (C=O) groups excluding carboxylic acids is 2. The minimum Gasteiger partial charge on any atom is -0.452 e. The summed E-state index contributed by atoms with van der Waals surface area (Å²) in [5.41, 5.74) is 0.270. The van der Waals surface area contributed by atoms with Crippen LogP contribution < -0.4 is 10.1 Å². The highest BCUT2D eigenvalue weighted by Crippen LogP contribution is 2.22. The van der Waals surface area contributed by atoms with Gasteiger partial charge in [-0.05, 0) is 29.6 Å². The van der Waals surface area contributed by atoms with Crippen LogP contribution in [0.3, 0.4) is 0 Å². The van der Waals surface area contributed by atoms with E-state index < -0.39 is 25.1 Å². The third kappa shape index (κ3) is 4.76. The first-order valence-corrected chi connectivity index (χ1v) is 7.37. The van der Waals surface area contributed by atoms with Crippen LogP contribution in [0.25, 0.3) is 0 Å². The zero-order chi connectivity index (χ0) is 17.5. The summed E-state index contributed by atoms with van der Waals surface area (Å²) < 4.78 is 33.2. The van der Waals surface area contributed by atoms with Crippen molar-refractivity contribution in [2.45, 2.75) is 6.61 Å². The molecule has 2 rings (SSSR count). The number of amides is 1. The lowest BCUT2D eigenvalue weighted by Crippen LogP contribution is -2.20. The Labute approximate surface area is 139 Å². The molecule has 0 bridgehead atoms. The van der Waals surface area contributed by atoms with E-state index in [4.69, 9.17) is 10.00 Å². The molecule has 0 unspecified atom stereocenters. The van der Waals surface area contributed by atoms with Gasteiger partial charge in [-0.2, -0.15) is 14.0 Å². The number of hydrogen-bond donors (Lipinski definition) is 1. The van der Waals surface area contributed by atoms with Crippen LogP contribution in [0.2, 0.25) is 0 Å². The van der Waals surface area contributed by atoms with E-state index in [-0.39, 0.29) is 11.3 Å². The zero-order valence-electron chi connectivity index (χ0n) is 12.0. The fourth-order valence-electron chi connectivity index (χ4n) is 1.67. The molecule has 0 atom stereocenters. The van der Waals surface area contributed by atoms with Gasteiger partial charge in [0.05, 0.1) is 11.1 Å². The maximum absolute atomic E-state index is 12.1. The second-order valence-electron chi connectivity index (χ2n) is 4.31. The first kappa shape index (κ1) is 17.4. The number of nitrogens with zero attached hydrogens (tertiary/aromatic N) is 1. The van der Waals surface area contributed by atoms with Gasteiger partial charge in [0, 0.05) is 0 Å². The smallest absolute Gasteiger partial charge is 0.387 e. The molecule has 1 aromatic carbocycles. The predicted molar refractivity (Wildman–Crippen MR) is 81.0 cm³/mol. The van der Waals surface area contributed by atoms with Crippen LogP contribution in [-0.2, 0) is 9.53 Å². The van der Waals surface area contributed by atoms with E-state index in [0.29, 0.717) is 10.6 Å². The summed E-state index contributed by atoms with van der Waals surface area (Å²) in [6.45, 7) is -3.59. The van der Waals surface area contributed by atoms with E-state index in [1.165, 1.54) is 18.2 Å². The maximum Gasteiger partial charge on any atom is 0.387 e. The molecule has 0 aliphatic carbocycles. The topological polar surface area (TPSA) is 88.4 Å². The van der Waals surface area contributed by atoms with E-state index in [1.807, 2.05) is 6.07 Å². The van der Waals surface area contributed by atoms with Gasteiger partial charge in [-0.1, -0.05) is 6.07 Å². The molecule has 24 heavy (non-hydrogen) atoms. The number of benzene rings is 1. The van der Waals surface area contributed by atoms with Crippen LogP contribution in [0, 0.1) is 11.3 Å². The lowest BCUT2D eigenvalue weighted by atomic mass is 10.2. The highest BCUT2D eigenvalue weighted by atomic mass is 32.1. The zero-order valence-corrected chi connectivity index (χ0v) is 12.8. The molecule has 0 saturated carbocycles. The molecule has 0 spiro atoms. The maximum atomic E-state index is 12.1. The second kappa shape index (κ2) is 8.03. The van der Waals surface area contributed by atoms with Crippen molar-refractivity contribution < 1.29 is 27.8 Å². The Hall–Kier alpha value is -2.99. The Kier molecular flexibility index (Phi) is 5.81. The van der Waals surface area contributed by atoms with Gasteiger partial charge >= 0.3 is 12.6 Å². The molecule has 0 aliphatic heterocycles. The molecule has 9 heteroatoms. The number of esters is 1. The van der Waals surface area contributed by atoms with Crippen LogP contribution in [-0.4, -0.2) is 25.1 Å². The average molecular weight is 352 g/mol. The molecule has 2 aromatic rings. The largest absolute Gasteiger partial charge is 0.452 e. The van der Waals surface area contributed by atoms with Crippen molar-refractivity contribution in [2.75, 3.05) is 11.9 Å². The van der Waals surface area contributed by atoms with E-state index in [0.717, 1.165) is 17.4 Å². The number of ether oxygens (including phenoxy) is 2. The normalized spacial score (nSPS) is 10.1. The lowest BCUT2D eigenvalue weighted by Gasteiger charge is -2.07. The SMILES string of the molecule is N#Cc1ccsc1NC(=O)COC(=O)c1cccc(OC(F)F)c1. The van der Waals surface area contributed by atoms with Gasteiger partial charge in [-0.15, -0.1) is 11.3 Å². The highest BCUT2D eigenvalue weighted by Gasteiger charge is 2.14. The molecule has 0 aliphatic rings. The number of rotatable bonds is 6. The number of halogens is 2. The van der Waals surface area contributed by atoms with Crippen LogP contribution >= 0.6 is 11.3 Å². The molecule has 0 saturated heterocycles. The van der Waals surface area contributed by atoms with Gasteiger partial charge in [0.2, 0.25) is 0 Å². The highest BCUT2D eigenvalue weighted by molar-refractivity contribution is 7.14. The summed E-state index contributed by atoms with van der Waals surface area (Å²) in [5, 5.41) is 13.3. The van der Waals surface area contributed by atoms with Crippen molar-refractivity contribution >= 4 is 28.2 Å². The summed E-state index contributed by atoms with van der Waals surface area (Å²) in [5.74, 6) is -1.68. The number of alkyl halides is 2. The molecule has 0 radical (unpaired) electrons. The van der Waals surface area contributed by atoms with Crippen molar-refractivity contribution in [1.29, 1.82) is 5.26 Å². The van der Waals surface area contributed by atoms with Crippen molar-refractivity contribution in [3.8, 4) is 11.8 Å². The van der Waals surface area contributed by atoms with Gasteiger partial charge in [0.25, 0.3) is 5.91 Å². The quantitative estimate of drug-likeness (QED) is 0.808. The second-order valence-corrected chi connectivity index (χ2v) is 5.22. The fourth-order valence-corrected chi connectivity index (χ4v) is 2.42. The first-order chi connectivity index (χ1) is 11.5. The minimum absolute atomic E-state index is 0.0326. The summed E-state index contributed by atoms with van der Waals surface area (Å²) in [6, 6.07) is 8.48. The van der Waals surface area contributed by atoms with Crippen LogP contribution in [0.4, 0.5) is 13.8 Å². The van der Waals surface area contributed by atoms with Crippen molar-refractivity contribution in [2.24, 2.45) is 0 Å². The van der Waals surface area contributed by atoms with Gasteiger partial charge in [0.15, 0.2) is 6.61 Å². The molecule has 0 fully saturated rings. The molecule has 6 nitrogen and oxygen atoms in total. The Morgan fingerprint density at radius 1 is 1.33 bits per heavy atom. The molecule has 1 amide bonds. The van der Waals surface area contributed by atoms with Crippen molar-refractivity contribution in [3.05, 3.63) is 46.8 Å². The Bertz CT molecular complexity index is 786. The number of nitriles is 1. The van der Waals surface area contributed by atoms with Crippen molar-refractivity contribution in [1.82, 2.24) is 0 Å². The van der Waals surface area contributed by atoms with Gasteiger partial charge < -0.3 is 14.8 Å². The minimum atomic E-state index is -3.01. The number of hydrogen-bond acceptors (Lipinski definition) is 6. The van der Waals surface area contributed by atoms with Gasteiger partial charge in [0.1, 0.15) is 16.8 Å². The Morgan fingerprint density at radius 3 is 2.83 bits per heavy atom. The van der Waals surface area contributed by atoms with E-state index in [9.17, 15) is 18.4 Å². The molecule has 124 valence electrons. The third-order valence-electron chi connectivity index (χ3n) is 2.67. The molecule has 1 heterocycles. The number of nitrogens with one attached hydrogen (secondary N) is 1. The first-order valence-electron chi connectivity index (χ1n) is 6.49. The summed E-state index contributed by atoms with van der Waals surface area (Å²) >= 11 is 1.16. The van der Waals surface area contributed by atoms with E-state index >= 15 is 0 Å². The van der Waals surface area contributed by atoms with E-state index in [2.05, 4.69) is 10.1 Å². The van der Waals surface area contributed by atoms with Crippen LogP contribution in [0.1, 0.15) is 15.9 Å². The molecule has 1 aromatic heterocycles. The molecular formula is C15H10F2N2O4S. The Balaban J connectivity index is 1.91. The fraction of sp³-hybridized carbons (Fsp3) is 0.133. The van der Waals surface area contributed by atoms with Crippen molar-refractivity contribution in [3.63, 3.8) is 0 Å². The summed E-state index contributed by atoms with van der Waals surface area (Å²) in [7, 11) is 0. The number of carbonyl (C=O) groups is 2. The van der Waals surface area contributed by atoms with E-state index in [1.54, 1.807) is 11.4 Å². The average Bonchev–Trinajstić information content (AvgIpc) is 2.99. The Morgan fingerprint density at radius 2 is 2.12 bits per heavy atom. The standard InChI is InChI=1S/C15H10F2N2O4S/c16-15(17)23-11-3-1-2-9(6-11)14(21)22-8-12(20)19-13-10(7-18)4-5-24-13/h1-6,15H,8H2,(H,19,20). The van der Waals surface area contributed by atoms with Crippen LogP contribution in [0.5, 0.6) is 5.75 Å². The summed E-state index contributed by atoms with van der Waals surface area (Å²) in [6.07, 6.45) is 0. The van der Waals surface area contributed by atoms with Crippen LogP contribution in [0.15, 0.2) is 35.7 Å². The van der Waals surface area contributed by atoms with Gasteiger partial charge in [-0.3, -0.25) is 4.79 Å². The third-order valence-corrected chi connectivity index (χ3v) is 3.50. The lowest BCUT2D eigenvalue weighted by molar-refractivity contribution is -0.119. The predicted octanol–water partition coefficient (Wildman–Crippen LogP) is 3.02. The number of anilines is 1. The van der Waals surface area contributed by atoms with Gasteiger partial charge in [-0.25, -0.2) is 4.79 Å². The monoisotopic (exact) mass is 352 g/mol. The summed E-state index contributed by atoms with van der Waals surface area (Å²) in [4.78, 5) is 23.5. The molecule has 1 N–H and O–H groups in total. The number of thiophene rings is 1. The molecular weight excluding hydrogens is 342 g/mol.